The maximum absolute atomic E-state index is 6.10. The summed E-state index contributed by atoms with van der Waals surface area (Å²) in [6, 6.07) is 13.7. The lowest BCUT2D eigenvalue weighted by atomic mass is 10.2. The number of rotatable bonds is 6. The van der Waals surface area contributed by atoms with Gasteiger partial charge >= 0.3 is 0 Å². The molecule has 0 saturated carbocycles. The van der Waals surface area contributed by atoms with Crippen LogP contribution in [0.2, 0.25) is 5.02 Å². The minimum Gasteiger partial charge on any atom is -0.495 e. The van der Waals surface area contributed by atoms with E-state index in [1.54, 1.807) is 7.11 Å². The molecule has 0 radical (unpaired) electrons. The molecule has 2 rings (SSSR count). The second-order valence-electron chi connectivity index (χ2n) is 4.28. The summed E-state index contributed by atoms with van der Waals surface area (Å²) in [5.74, 6) is 1.57. The Morgan fingerprint density at radius 2 is 1.85 bits per heavy atom. The highest BCUT2D eigenvalue weighted by Gasteiger charge is 2.02. The summed E-state index contributed by atoms with van der Waals surface area (Å²) in [4.78, 5) is 0. The zero-order valence-electron chi connectivity index (χ0n) is 11.7. The Kier molecular flexibility index (Phi) is 5.13. The van der Waals surface area contributed by atoms with E-state index >= 15 is 0 Å². The highest BCUT2D eigenvalue weighted by molar-refractivity contribution is 6.32. The summed E-state index contributed by atoms with van der Waals surface area (Å²) in [7, 11) is 1.61. The second-order valence-corrected chi connectivity index (χ2v) is 4.69. The number of halogens is 1. The Balaban J connectivity index is 1.96. The summed E-state index contributed by atoms with van der Waals surface area (Å²) in [6.07, 6.45) is 0. The van der Waals surface area contributed by atoms with E-state index < -0.39 is 0 Å². The summed E-state index contributed by atoms with van der Waals surface area (Å²) in [5, 5.41) is 3.96. The number of methoxy groups -OCH3 is 1. The van der Waals surface area contributed by atoms with E-state index in [1.807, 2.05) is 49.4 Å². The van der Waals surface area contributed by atoms with Gasteiger partial charge in [0.15, 0.2) is 0 Å². The maximum Gasteiger partial charge on any atom is 0.137 e. The molecule has 3 nitrogen and oxygen atoms in total. The van der Waals surface area contributed by atoms with Gasteiger partial charge in [-0.3, -0.25) is 0 Å². The van der Waals surface area contributed by atoms with E-state index in [4.69, 9.17) is 21.1 Å². The molecule has 2 aromatic carbocycles. The molecule has 0 amide bonds. The Hall–Kier alpha value is -1.87. The smallest absolute Gasteiger partial charge is 0.137 e. The van der Waals surface area contributed by atoms with Gasteiger partial charge in [0, 0.05) is 12.2 Å². The first kappa shape index (κ1) is 14.5. The van der Waals surface area contributed by atoms with Gasteiger partial charge in [0.2, 0.25) is 0 Å². The fraction of sp³-hybridized carbons (Fsp3) is 0.250. The Bertz CT molecular complexity index is 555. The molecular weight excluding hydrogens is 274 g/mol. The average molecular weight is 292 g/mol. The summed E-state index contributed by atoms with van der Waals surface area (Å²) in [5.41, 5.74) is 2.14. The summed E-state index contributed by atoms with van der Waals surface area (Å²) >= 11 is 6.10. The van der Waals surface area contributed by atoms with E-state index in [-0.39, 0.29) is 0 Å². The van der Waals surface area contributed by atoms with Crippen LogP contribution in [-0.4, -0.2) is 13.7 Å². The van der Waals surface area contributed by atoms with E-state index in [1.165, 1.54) is 0 Å². The van der Waals surface area contributed by atoms with Crippen molar-refractivity contribution >= 4 is 17.3 Å². The predicted octanol–water partition coefficient (Wildman–Crippen LogP) is 4.36. The maximum atomic E-state index is 6.10. The van der Waals surface area contributed by atoms with Crippen molar-refractivity contribution in [3.8, 4) is 11.5 Å². The van der Waals surface area contributed by atoms with Gasteiger partial charge in [-0.1, -0.05) is 17.7 Å². The van der Waals surface area contributed by atoms with Crippen molar-refractivity contribution in [2.75, 3.05) is 19.0 Å². The number of anilines is 1. The van der Waals surface area contributed by atoms with Gasteiger partial charge < -0.3 is 14.8 Å². The minimum absolute atomic E-state index is 0.624. The van der Waals surface area contributed by atoms with Gasteiger partial charge in [0.05, 0.1) is 18.7 Å². The Labute approximate surface area is 124 Å². The molecule has 0 aliphatic heterocycles. The molecule has 20 heavy (non-hydrogen) atoms. The fourth-order valence-electron chi connectivity index (χ4n) is 1.86. The van der Waals surface area contributed by atoms with Gasteiger partial charge in [-0.15, -0.1) is 0 Å². The zero-order valence-corrected chi connectivity index (χ0v) is 12.4. The van der Waals surface area contributed by atoms with Crippen molar-refractivity contribution in [3.63, 3.8) is 0 Å². The van der Waals surface area contributed by atoms with Crippen molar-refractivity contribution in [3.05, 3.63) is 53.1 Å². The molecule has 4 heteroatoms. The van der Waals surface area contributed by atoms with E-state index in [2.05, 4.69) is 5.32 Å². The molecule has 0 aromatic heterocycles. The van der Waals surface area contributed by atoms with Crippen LogP contribution < -0.4 is 14.8 Å². The molecule has 0 atom stereocenters. The van der Waals surface area contributed by atoms with Crippen molar-refractivity contribution in [2.45, 2.75) is 13.5 Å². The van der Waals surface area contributed by atoms with Crippen molar-refractivity contribution in [1.82, 2.24) is 0 Å². The lowest BCUT2D eigenvalue weighted by Crippen LogP contribution is -2.00. The van der Waals surface area contributed by atoms with Crippen LogP contribution in [-0.2, 0) is 6.54 Å². The number of nitrogens with one attached hydrogen (secondary N) is 1. The van der Waals surface area contributed by atoms with Crippen LogP contribution in [0.5, 0.6) is 11.5 Å². The first-order chi connectivity index (χ1) is 9.72. The van der Waals surface area contributed by atoms with E-state index in [9.17, 15) is 0 Å². The van der Waals surface area contributed by atoms with Crippen LogP contribution in [0.3, 0.4) is 0 Å². The van der Waals surface area contributed by atoms with Crippen molar-refractivity contribution < 1.29 is 9.47 Å². The minimum atomic E-state index is 0.624. The van der Waals surface area contributed by atoms with Crippen LogP contribution in [0.25, 0.3) is 0 Å². The lowest BCUT2D eigenvalue weighted by molar-refractivity contribution is 0.340. The molecule has 2 aromatic rings. The quantitative estimate of drug-likeness (QED) is 0.858. The van der Waals surface area contributed by atoms with Crippen molar-refractivity contribution in [2.24, 2.45) is 0 Å². The molecule has 1 N–H and O–H groups in total. The van der Waals surface area contributed by atoms with Gasteiger partial charge in [-0.25, -0.2) is 0 Å². The van der Waals surface area contributed by atoms with Crippen LogP contribution in [0.1, 0.15) is 12.5 Å². The normalized spacial score (nSPS) is 10.2. The molecule has 0 aliphatic carbocycles. The van der Waals surface area contributed by atoms with E-state index in [0.29, 0.717) is 23.9 Å². The monoisotopic (exact) mass is 291 g/mol. The zero-order chi connectivity index (χ0) is 14.4. The van der Waals surface area contributed by atoms with Gasteiger partial charge in [0.25, 0.3) is 0 Å². The molecule has 0 spiro atoms. The molecule has 0 aliphatic rings. The van der Waals surface area contributed by atoms with Crippen LogP contribution >= 0.6 is 11.6 Å². The standard InChI is InChI=1S/C16H18ClNO2/c1-3-20-14-7-5-13(6-8-14)18-11-12-4-9-16(19-2)15(17)10-12/h4-10,18H,3,11H2,1-2H3. The highest BCUT2D eigenvalue weighted by atomic mass is 35.5. The number of ether oxygens (including phenoxy) is 2. The average Bonchev–Trinajstić information content (AvgIpc) is 2.47. The summed E-state index contributed by atoms with van der Waals surface area (Å²) < 4.78 is 10.5. The first-order valence-corrected chi connectivity index (χ1v) is 6.90. The number of hydrogen-bond donors (Lipinski definition) is 1. The first-order valence-electron chi connectivity index (χ1n) is 6.52. The molecule has 0 saturated heterocycles. The Morgan fingerprint density at radius 1 is 1.10 bits per heavy atom. The third kappa shape index (κ3) is 3.81. The SMILES string of the molecule is CCOc1ccc(NCc2ccc(OC)c(Cl)c2)cc1. The van der Waals surface area contributed by atoms with Gasteiger partial charge in [-0.2, -0.15) is 0 Å². The lowest BCUT2D eigenvalue weighted by Gasteiger charge is -2.09. The molecule has 0 bridgehead atoms. The molecule has 0 fully saturated rings. The van der Waals surface area contributed by atoms with Gasteiger partial charge in [-0.05, 0) is 48.9 Å². The van der Waals surface area contributed by atoms with Crippen molar-refractivity contribution in [1.29, 1.82) is 0 Å². The fourth-order valence-corrected chi connectivity index (χ4v) is 2.14. The molecule has 106 valence electrons. The molecular formula is C16H18ClNO2. The third-order valence-electron chi connectivity index (χ3n) is 2.88. The van der Waals surface area contributed by atoms with E-state index in [0.717, 1.165) is 17.0 Å². The van der Waals surface area contributed by atoms with Crippen LogP contribution in [0, 0.1) is 0 Å². The molecule has 0 heterocycles. The Morgan fingerprint density at radius 3 is 2.45 bits per heavy atom. The highest BCUT2D eigenvalue weighted by Crippen LogP contribution is 2.25. The topological polar surface area (TPSA) is 30.5 Å². The third-order valence-corrected chi connectivity index (χ3v) is 3.17. The number of hydrogen-bond acceptors (Lipinski definition) is 3. The molecule has 0 unspecified atom stereocenters. The second kappa shape index (κ2) is 7.06. The summed E-state index contributed by atoms with van der Waals surface area (Å²) in [6.45, 7) is 3.36. The largest absolute Gasteiger partial charge is 0.495 e. The number of benzene rings is 2. The van der Waals surface area contributed by atoms with Gasteiger partial charge in [0.1, 0.15) is 11.5 Å². The van der Waals surface area contributed by atoms with Crippen LogP contribution in [0.4, 0.5) is 5.69 Å². The van der Waals surface area contributed by atoms with Crippen LogP contribution in [0.15, 0.2) is 42.5 Å². The predicted molar refractivity (Wildman–Crippen MR) is 82.9 cm³/mol.